The highest BCUT2D eigenvalue weighted by Gasteiger charge is 2.35. The van der Waals surface area contributed by atoms with Crippen LogP contribution >= 0.6 is 15.9 Å². The van der Waals surface area contributed by atoms with Crippen molar-refractivity contribution >= 4 is 27.6 Å². The van der Waals surface area contributed by atoms with Gasteiger partial charge in [-0.1, -0.05) is 20.8 Å². The van der Waals surface area contributed by atoms with Crippen molar-refractivity contribution in [1.29, 1.82) is 0 Å². The van der Waals surface area contributed by atoms with E-state index in [1.165, 1.54) is 0 Å². The lowest BCUT2D eigenvalue weighted by Crippen LogP contribution is -2.46. The summed E-state index contributed by atoms with van der Waals surface area (Å²) in [6.07, 6.45) is 6.18. The standard InChI is InChI=1S/C19H27BrN4O2/c1-19(2,3)17-13(5-4-8-26-17)9-21-18(25)22-10-15-12-24-11-14(20)6-7-16(24)23-15/h6-7,11-13,17H,4-5,8-10H2,1-3H3,(H2,21,22,25). The van der Waals surface area contributed by atoms with E-state index in [0.717, 1.165) is 35.3 Å². The molecule has 2 aromatic rings. The highest BCUT2D eigenvalue weighted by molar-refractivity contribution is 9.10. The monoisotopic (exact) mass is 422 g/mol. The van der Waals surface area contributed by atoms with Gasteiger partial charge in [0, 0.05) is 35.9 Å². The van der Waals surface area contributed by atoms with Crippen LogP contribution in [0.2, 0.25) is 0 Å². The fourth-order valence-corrected chi connectivity index (χ4v) is 3.92. The van der Waals surface area contributed by atoms with Gasteiger partial charge in [-0.25, -0.2) is 9.78 Å². The number of fused-ring (bicyclic) bond motifs is 1. The number of halogens is 1. The molecule has 0 spiro atoms. The van der Waals surface area contributed by atoms with Gasteiger partial charge in [0.1, 0.15) is 5.65 Å². The van der Waals surface area contributed by atoms with Crippen LogP contribution in [0.3, 0.4) is 0 Å². The summed E-state index contributed by atoms with van der Waals surface area (Å²) in [6, 6.07) is 3.72. The number of urea groups is 1. The highest BCUT2D eigenvalue weighted by atomic mass is 79.9. The van der Waals surface area contributed by atoms with E-state index in [9.17, 15) is 4.79 Å². The predicted octanol–water partition coefficient (Wildman–Crippen LogP) is 3.74. The minimum atomic E-state index is -0.165. The third kappa shape index (κ3) is 4.76. The zero-order valence-corrected chi connectivity index (χ0v) is 17.2. The Morgan fingerprint density at radius 3 is 2.92 bits per heavy atom. The quantitative estimate of drug-likeness (QED) is 0.788. The Morgan fingerprint density at radius 1 is 1.35 bits per heavy atom. The number of rotatable bonds is 4. The SMILES string of the molecule is CC(C)(C)C1OCCCC1CNC(=O)NCc1cn2cc(Br)ccc2n1. The Morgan fingerprint density at radius 2 is 2.15 bits per heavy atom. The molecule has 0 bridgehead atoms. The molecule has 0 aromatic carbocycles. The molecule has 142 valence electrons. The van der Waals surface area contributed by atoms with Gasteiger partial charge in [0.25, 0.3) is 0 Å². The summed E-state index contributed by atoms with van der Waals surface area (Å²) in [6.45, 7) is 8.42. The van der Waals surface area contributed by atoms with Crippen LogP contribution in [0.15, 0.2) is 29.0 Å². The predicted molar refractivity (Wildman–Crippen MR) is 105 cm³/mol. The Labute approximate surface area is 162 Å². The van der Waals surface area contributed by atoms with Crippen LogP contribution in [-0.4, -0.2) is 34.7 Å². The van der Waals surface area contributed by atoms with Gasteiger partial charge in [0.2, 0.25) is 0 Å². The number of nitrogens with zero attached hydrogens (tertiary/aromatic N) is 2. The first-order chi connectivity index (χ1) is 12.3. The molecule has 2 amide bonds. The molecule has 2 N–H and O–H groups in total. The largest absolute Gasteiger partial charge is 0.377 e. The van der Waals surface area contributed by atoms with E-state index in [0.29, 0.717) is 19.0 Å². The molecule has 2 atom stereocenters. The van der Waals surface area contributed by atoms with Gasteiger partial charge < -0.3 is 19.8 Å². The normalized spacial score (nSPS) is 20.9. The second-order valence-electron chi connectivity index (χ2n) is 7.97. The Kier molecular flexibility index (Phi) is 5.87. The first kappa shape index (κ1) is 19.2. The molecule has 3 heterocycles. The smallest absolute Gasteiger partial charge is 0.315 e. The average molecular weight is 423 g/mol. The van der Waals surface area contributed by atoms with Gasteiger partial charge in [-0.3, -0.25) is 0 Å². The number of nitrogens with one attached hydrogen (secondary N) is 2. The van der Waals surface area contributed by atoms with E-state index in [1.807, 2.05) is 28.9 Å². The molecule has 1 aliphatic heterocycles. The molecule has 26 heavy (non-hydrogen) atoms. The zero-order valence-electron chi connectivity index (χ0n) is 15.6. The molecule has 0 saturated carbocycles. The number of hydrogen-bond acceptors (Lipinski definition) is 3. The van der Waals surface area contributed by atoms with Crippen LogP contribution in [0.25, 0.3) is 5.65 Å². The number of ether oxygens (including phenoxy) is 1. The van der Waals surface area contributed by atoms with Gasteiger partial charge in [-0.15, -0.1) is 0 Å². The molecule has 3 rings (SSSR count). The minimum absolute atomic E-state index is 0.0774. The van der Waals surface area contributed by atoms with Gasteiger partial charge in [0.05, 0.1) is 18.3 Å². The fraction of sp³-hybridized carbons (Fsp3) is 0.579. The van der Waals surface area contributed by atoms with E-state index in [-0.39, 0.29) is 17.6 Å². The lowest BCUT2D eigenvalue weighted by Gasteiger charge is -2.40. The van der Waals surface area contributed by atoms with Crippen molar-refractivity contribution in [3.63, 3.8) is 0 Å². The van der Waals surface area contributed by atoms with Crippen LogP contribution in [0, 0.1) is 11.3 Å². The number of carbonyl (C=O) groups excluding carboxylic acids is 1. The van der Waals surface area contributed by atoms with Gasteiger partial charge >= 0.3 is 6.03 Å². The molecule has 0 aliphatic carbocycles. The van der Waals surface area contributed by atoms with Gasteiger partial charge in [0.15, 0.2) is 0 Å². The van der Waals surface area contributed by atoms with Crippen LogP contribution in [-0.2, 0) is 11.3 Å². The van der Waals surface area contributed by atoms with Crippen molar-refractivity contribution in [2.24, 2.45) is 11.3 Å². The maximum absolute atomic E-state index is 12.2. The number of aromatic nitrogens is 2. The van der Waals surface area contributed by atoms with E-state index >= 15 is 0 Å². The molecule has 6 nitrogen and oxygen atoms in total. The first-order valence-electron chi connectivity index (χ1n) is 9.09. The van der Waals surface area contributed by atoms with E-state index in [1.54, 1.807) is 0 Å². The summed E-state index contributed by atoms with van der Waals surface area (Å²) in [5.41, 5.74) is 1.76. The number of carbonyl (C=O) groups is 1. The van der Waals surface area contributed by atoms with Crippen LogP contribution in [0.5, 0.6) is 0 Å². The number of amides is 2. The van der Waals surface area contributed by atoms with Crippen molar-refractivity contribution < 1.29 is 9.53 Å². The fourth-order valence-electron chi connectivity index (χ4n) is 3.57. The van der Waals surface area contributed by atoms with Crippen molar-refractivity contribution in [2.45, 2.75) is 46.3 Å². The molecule has 0 radical (unpaired) electrons. The minimum Gasteiger partial charge on any atom is -0.377 e. The van der Waals surface area contributed by atoms with Crippen molar-refractivity contribution in [3.8, 4) is 0 Å². The van der Waals surface area contributed by atoms with Crippen molar-refractivity contribution in [3.05, 3.63) is 34.7 Å². The van der Waals surface area contributed by atoms with Crippen molar-refractivity contribution in [1.82, 2.24) is 20.0 Å². The Hall–Kier alpha value is -1.60. The van der Waals surface area contributed by atoms with Gasteiger partial charge in [-0.05, 0) is 46.3 Å². The van der Waals surface area contributed by atoms with E-state index in [4.69, 9.17) is 4.74 Å². The maximum Gasteiger partial charge on any atom is 0.315 e. The van der Waals surface area contributed by atoms with Crippen molar-refractivity contribution in [2.75, 3.05) is 13.2 Å². The zero-order chi connectivity index (χ0) is 18.7. The molecule has 2 aromatic heterocycles. The number of imidazole rings is 1. The summed E-state index contributed by atoms with van der Waals surface area (Å²) in [5.74, 6) is 0.349. The summed E-state index contributed by atoms with van der Waals surface area (Å²) in [4.78, 5) is 16.7. The molecule has 2 unspecified atom stereocenters. The second-order valence-corrected chi connectivity index (χ2v) is 8.88. The molecule has 7 heteroatoms. The molecular weight excluding hydrogens is 396 g/mol. The molecule has 1 fully saturated rings. The third-order valence-electron chi connectivity index (χ3n) is 4.72. The van der Waals surface area contributed by atoms with Gasteiger partial charge in [-0.2, -0.15) is 0 Å². The molecule has 1 aliphatic rings. The lowest BCUT2D eigenvalue weighted by molar-refractivity contribution is -0.0837. The Balaban J connectivity index is 1.50. The number of hydrogen-bond donors (Lipinski definition) is 2. The van der Waals surface area contributed by atoms with Crippen LogP contribution < -0.4 is 10.6 Å². The van der Waals surface area contributed by atoms with Crippen LogP contribution in [0.4, 0.5) is 4.79 Å². The number of pyridine rings is 1. The lowest BCUT2D eigenvalue weighted by atomic mass is 9.78. The maximum atomic E-state index is 12.2. The second kappa shape index (κ2) is 7.96. The summed E-state index contributed by atoms with van der Waals surface area (Å²) in [7, 11) is 0. The highest BCUT2D eigenvalue weighted by Crippen LogP contribution is 2.33. The van der Waals surface area contributed by atoms with Crippen LogP contribution in [0.1, 0.15) is 39.3 Å². The first-order valence-corrected chi connectivity index (χ1v) is 9.88. The van der Waals surface area contributed by atoms with E-state index in [2.05, 4.69) is 52.3 Å². The summed E-state index contributed by atoms with van der Waals surface area (Å²) >= 11 is 3.44. The topological polar surface area (TPSA) is 67.7 Å². The van der Waals surface area contributed by atoms with E-state index < -0.39 is 0 Å². The summed E-state index contributed by atoms with van der Waals surface area (Å²) in [5, 5.41) is 5.88. The summed E-state index contributed by atoms with van der Waals surface area (Å²) < 4.78 is 8.90. The molecular formula is C19H27BrN4O2. The third-order valence-corrected chi connectivity index (χ3v) is 5.19. The Bertz CT molecular complexity index is 768. The average Bonchev–Trinajstić information content (AvgIpc) is 2.99. The molecule has 1 saturated heterocycles.